The van der Waals surface area contributed by atoms with Gasteiger partial charge >= 0.3 is 0 Å². The summed E-state index contributed by atoms with van der Waals surface area (Å²) in [6, 6.07) is 9.28. The van der Waals surface area contributed by atoms with Gasteiger partial charge in [0.2, 0.25) is 0 Å². The molecule has 2 nitrogen and oxygen atoms in total. The van der Waals surface area contributed by atoms with Gasteiger partial charge in [-0.1, -0.05) is 56.4 Å². The minimum absolute atomic E-state index is 0.427. The fraction of sp³-hybridized carbons (Fsp3) is 0.684. The molecule has 1 atom stereocenters. The van der Waals surface area contributed by atoms with E-state index in [1.807, 2.05) is 0 Å². The second kappa shape index (κ2) is 6.93. The van der Waals surface area contributed by atoms with Gasteiger partial charge in [-0.15, -0.1) is 0 Å². The highest BCUT2D eigenvalue weighted by Crippen LogP contribution is 2.31. The molecule has 2 aliphatic carbocycles. The molecule has 0 amide bonds. The smallest absolute Gasteiger partial charge is 0.0771 e. The van der Waals surface area contributed by atoms with Gasteiger partial charge in [0, 0.05) is 12.6 Å². The molecule has 1 aromatic rings. The van der Waals surface area contributed by atoms with Gasteiger partial charge in [0.1, 0.15) is 0 Å². The number of nitrogens with one attached hydrogen (secondary N) is 1. The van der Waals surface area contributed by atoms with Crippen LogP contribution >= 0.6 is 0 Å². The van der Waals surface area contributed by atoms with Crippen molar-refractivity contribution in [1.29, 1.82) is 0 Å². The van der Waals surface area contributed by atoms with Crippen LogP contribution in [-0.4, -0.2) is 17.3 Å². The predicted molar refractivity (Wildman–Crippen MR) is 87.4 cm³/mol. The number of aliphatic hydroxyl groups is 1. The van der Waals surface area contributed by atoms with E-state index in [9.17, 15) is 5.11 Å². The standard InChI is InChI=1S/C19H29NO/c21-19(13-7-1-2-8-14-19)15-20-18-12-6-4-10-16-9-3-5-11-17(16)18/h3,5,9,11,18,20-21H,1-2,4,6-8,10,12-15H2. The van der Waals surface area contributed by atoms with E-state index in [1.54, 1.807) is 0 Å². The molecule has 2 heteroatoms. The molecule has 2 N–H and O–H groups in total. The van der Waals surface area contributed by atoms with Crippen molar-refractivity contribution in [2.75, 3.05) is 6.54 Å². The van der Waals surface area contributed by atoms with Crippen LogP contribution in [0.1, 0.15) is 75.0 Å². The number of hydrogen-bond donors (Lipinski definition) is 2. The lowest BCUT2D eigenvalue weighted by atomic mass is 9.93. The molecular weight excluding hydrogens is 258 g/mol. The number of fused-ring (bicyclic) bond motifs is 1. The van der Waals surface area contributed by atoms with Crippen LogP contribution in [-0.2, 0) is 6.42 Å². The Bertz CT molecular complexity index is 449. The summed E-state index contributed by atoms with van der Waals surface area (Å²) in [6.07, 6.45) is 11.8. The lowest BCUT2D eigenvalue weighted by molar-refractivity contribution is 0.0224. The summed E-state index contributed by atoms with van der Waals surface area (Å²) >= 11 is 0. The van der Waals surface area contributed by atoms with Gasteiger partial charge in [0.15, 0.2) is 0 Å². The van der Waals surface area contributed by atoms with Crippen LogP contribution in [0.15, 0.2) is 24.3 Å². The van der Waals surface area contributed by atoms with E-state index in [-0.39, 0.29) is 0 Å². The average molecular weight is 287 g/mol. The van der Waals surface area contributed by atoms with Crippen molar-refractivity contribution >= 4 is 0 Å². The molecule has 3 rings (SSSR count). The fourth-order valence-corrected chi connectivity index (χ4v) is 4.01. The van der Waals surface area contributed by atoms with Gasteiger partial charge in [-0.3, -0.25) is 0 Å². The minimum atomic E-state index is -0.474. The Hall–Kier alpha value is -0.860. The summed E-state index contributed by atoms with van der Waals surface area (Å²) in [6.45, 7) is 0.756. The van der Waals surface area contributed by atoms with Crippen LogP contribution in [0.5, 0.6) is 0 Å². The Balaban J connectivity index is 1.67. The highest BCUT2D eigenvalue weighted by atomic mass is 16.3. The lowest BCUT2D eigenvalue weighted by Gasteiger charge is -2.30. The van der Waals surface area contributed by atoms with Gasteiger partial charge in [0.25, 0.3) is 0 Å². The molecular formula is C19H29NO. The Morgan fingerprint density at radius 3 is 2.57 bits per heavy atom. The van der Waals surface area contributed by atoms with Gasteiger partial charge in [-0.05, 0) is 43.2 Å². The highest BCUT2D eigenvalue weighted by Gasteiger charge is 2.29. The average Bonchev–Trinajstić information content (AvgIpc) is 2.84. The second-order valence-corrected chi connectivity index (χ2v) is 7.02. The maximum absolute atomic E-state index is 10.8. The van der Waals surface area contributed by atoms with E-state index in [4.69, 9.17) is 0 Å². The molecule has 2 aliphatic rings. The molecule has 21 heavy (non-hydrogen) atoms. The molecule has 1 fully saturated rings. The topological polar surface area (TPSA) is 32.3 Å². The van der Waals surface area contributed by atoms with Crippen molar-refractivity contribution in [2.45, 2.75) is 75.9 Å². The van der Waals surface area contributed by atoms with Crippen LogP contribution in [0, 0.1) is 0 Å². The van der Waals surface area contributed by atoms with E-state index in [2.05, 4.69) is 29.6 Å². The molecule has 0 aliphatic heterocycles. The Morgan fingerprint density at radius 2 is 1.76 bits per heavy atom. The first-order valence-corrected chi connectivity index (χ1v) is 8.80. The summed E-state index contributed by atoms with van der Waals surface area (Å²) in [5, 5.41) is 14.5. The zero-order valence-electron chi connectivity index (χ0n) is 13.1. The van der Waals surface area contributed by atoms with Crippen LogP contribution in [0.4, 0.5) is 0 Å². The quantitative estimate of drug-likeness (QED) is 0.647. The monoisotopic (exact) mass is 287 g/mol. The van der Waals surface area contributed by atoms with Crippen molar-refractivity contribution in [3.8, 4) is 0 Å². The van der Waals surface area contributed by atoms with Crippen molar-refractivity contribution in [3.05, 3.63) is 35.4 Å². The molecule has 1 saturated carbocycles. The minimum Gasteiger partial charge on any atom is -0.389 e. The molecule has 0 saturated heterocycles. The number of hydrogen-bond acceptors (Lipinski definition) is 2. The normalized spacial score (nSPS) is 25.7. The van der Waals surface area contributed by atoms with Gasteiger partial charge < -0.3 is 10.4 Å². The van der Waals surface area contributed by atoms with Crippen LogP contribution in [0.2, 0.25) is 0 Å². The van der Waals surface area contributed by atoms with Crippen molar-refractivity contribution < 1.29 is 5.11 Å². The molecule has 0 bridgehead atoms. The first kappa shape index (κ1) is 15.1. The number of rotatable bonds is 3. The highest BCUT2D eigenvalue weighted by molar-refractivity contribution is 5.31. The molecule has 0 radical (unpaired) electrons. The van der Waals surface area contributed by atoms with Crippen molar-refractivity contribution in [2.24, 2.45) is 0 Å². The first-order chi connectivity index (χ1) is 10.3. The zero-order valence-corrected chi connectivity index (χ0v) is 13.1. The first-order valence-electron chi connectivity index (χ1n) is 8.80. The SMILES string of the molecule is OC1(CNC2CCCCc3ccccc32)CCCCCC1. The molecule has 1 aromatic carbocycles. The van der Waals surface area contributed by atoms with E-state index < -0.39 is 5.60 Å². The lowest BCUT2D eigenvalue weighted by Crippen LogP contribution is -2.41. The van der Waals surface area contributed by atoms with E-state index in [0.29, 0.717) is 6.04 Å². The van der Waals surface area contributed by atoms with Crippen LogP contribution in [0.25, 0.3) is 0 Å². The third kappa shape index (κ3) is 3.87. The van der Waals surface area contributed by atoms with Gasteiger partial charge in [-0.25, -0.2) is 0 Å². The second-order valence-electron chi connectivity index (χ2n) is 7.02. The van der Waals surface area contributed by atoms with Gasteiger partial charge in [0.05, 0.1) is 5.60 Å². The van der Waals surface area contributed by atoms with Crippen LogP contribution in [0.3, 0.4) is 0 Å². The Morgan fingerprint density at radius 1 is 1.00 bits per heavy atom. The predicted octanol–water partition coefficient (Wildman–Crippen LogP) is 4.13. The maximum atomic E-state index is 10.8. The number of benzene rings is 1. The molecule has 0 spiro atoms. The summed E-state index contributed by atoms with van der Waals surface area (Å²) in [5.74, 6) is 0. The Labute approximate surface area is 129 Å². The van der Waals surface area contributed by atoms with Crippen molar-refractivity contribution in [1.82, 2.24) is 5.32 Å². The number of aryl methyl sites for hydroxylation is 1. The summed E-state index contributed by atoms with van der Waals surface area (Å²) < 4.78 is 0. The Kier molecular flexibility index (Phi) is 4.97. The summed E-state index contributed by atoms with van der Waals surface area (Å²) in [4.78, 5) is 0. The zero-order chi connectivity index (χ0) is 14.5. The summed E-state index contributed by atoms with van der Waals surface area (Å²) in [7, 11) is 0. The molecule has 1 unspecified atom stereocenters. The van der Waals surface area contributed by atoms with Crippen LogP contribution < -0.4 is 5.32 Å². The molecule has 116 valence electrons. The molecule has 0 heterocycles. The van der Waals surface area contributed by atoms with Crippen molar-refractivity contribution in [3.63, 3.8) is 0 Å². The molecule has 0 aromatic heterocycles. The van der Waals surface area contributed by atoms with E-state index in [1.165, 1.54) is 62.5 Å². The fourth-order valence-electron chi connectivity index (χ4n) is 4.01. The largest absolute Gasteiger partial charge is 0.389 e. The van der Waals surface area contributed by atoms with E-state index >= 15 is 0 Å². The third-order valence-electron chi connectivity index (χ3n) is 5.33. The third-order valence-corrected chi connectivity index (χ3v) is 5.33. The maximum Gasteiger partial charge on any atom is 0.0771 e. The van der Waals surface area contributed by atoms with E-state index in [0.717, 1.165) is 19.4 Å². The summed E-state index contributed by atoms with van der Waals surface area (Å²) in [5.41, 5.74) is 2.49. The van der Waals surface area contributed by atoms with Gasteiger partial charge in [-0.2, -0.15) is 0 Å².